The molecule has 0 atom stereocenters. The van der Waals surface area contributed by atoms with Gasteiger partial charge in [-0.1, -0.05) is 0 Å². The molecule has 1 aromatic rings. The molecule has 2 aliphatic heterocycles. The van der Waals surface area contributed by atoms with Crippen LogP contribution in [0, 0.1) is 0 Å². The van der Waals surface area contributed by atoms with Crippen LogP contribution in [-0.4, -0.2) is 31.9 Å². The predicted molar refractivity (Wildman–Crippen MR) is 56.9 cm³/mol. The van der Waals surface area contributed by atoms with Gasteiger partial charge in [-0.05, 0) is 17.7 Å². The Hall–Kier alpha value is -1.22. The molecule has 3 nitrogen and oxygen atoms in total. The van der Waals surface area contributed by atoms with Crippen molar-refractivity contribution < 1.29 is 14.0 Å². The second kappa shape index (κ2) is 2.89. The first-order chi connectivity index (χ1) is 7.14. The maximum Gasteiger partial charge on any atom is 0.231 e. The number of hydrogen-bond donors (Lipinski definition) is 0. The van der Waals surface area contributed by atoms with Crippen molar-refractivity contribution in [2.75, 3.05) is 27.4 Å². The lowest BCUT2D eigenvalue weighted by Gasteiger charge is -2.34. The number of ether oxygens (including phenoxy) is 2. The molecule has 0 N–H and O–H groups in total. The van der Waals surface area contributed by atoms with Crippen molar-refractivity contribution in [3.8, 4) is 11.5 Å². The highest BCUT2D eigenvalue weighted by molar-refractivity contribution is 5.49. The van der Waals surface area contributed by atoms with E-state index in [9.17, 15) is 0 Å². The smallest absolute Gasteiger partial charge is 0.231 e. The molecule has 80 valence electrons. The molecule has 15 heavy (non-hydrogen) atoms. The van der Waals surface area contributed by atoms with E-state index in [1.54, 1.807) is 0 Å². The summed E-state index contributed by atoms with van der Waals surface area (Å²) in [5.74, 6) is 1.83. The Balaban J connectivity index is 2.04. The normalized spacial score (nSPS) is 21.2. The monoisotopic (exact) mass is 206 g/mol. The molecule has 0 bridgehead atoms. The van der Waals surface area contributed by atoms with E-state index in [2.05, 4.69) is 26.2 Å². The highest BCUT2D eigenvalue weighted by Gasteiger charge is 2.27. The van der Waals surface area contributed by atoms with Crippen LogP contribution < -0.4 is 9.47 Å². The molecule has 0 spiro atoms. The van der Waals surface area contributed by atoms with Gasteiger partial charge in [0.2, 0.25) is 6.79 Å². The molecule has 0 saturated carbocycles. The van der Waals surface area contributed by atoms with Gasteiger partial charge < -0.3 is 14.0 Å². The lowest BCUT2D eigenvalue weighted by atomic mass is 9.98. The molecule has 2 aliphatic rings. The Morgan fingerprint density at radius 2 is 1.73 bits per heavy atom. The molecule has 0 aromatic heterocycles. The molecule has 1 aromatic carbocycles. The fourth-order valence-corrected chi connectivity index (χ4v) is 2.37. The summed E-state index contributed by atoms with van der Waals surface area (Å²) in [6.45, 7) is 2.66. The topological polar surface area (TPSA) is 18.5 Å². The third-order valence-electron chi connectivity index (χ3n) is 3.28. The third kappa shape index (κ3) is 1.47. The summed E-state index contributed by atoms with van der Waals surface area (Å²) in [6, 6.07) is 4.30. The maximum atomic E-state index is 5.40. The lowest BCUT2D eigenvalue weighted by Crippen LogP contribution is -2.43. The number of fused-ring (bicyclic) bond motifs is 2. The highest BCUT2D eigenvalue weighted by atomic mass is 16.7. The summed E-state index contributed by atoms with van der Waals surface area (Å²) in [6.07, 6.45) is 1.14. The van der Waals surface area contributed by atoms with Crippen molar-refractivity contribution >= 4 is 0 Å². The van der Waals surface area contributed by atoms with Crippen LogP contribution in [0.25, 0.3) is 0 Å². The number of rotatable bonds is 0. The molecule has 0 fully saturated rings. The second-order valence-corrected chi connectivity index (χ2v) is 5.04. The van der Waals surface area contributed by atoms with E-state index in [4.69, 9.17) is 9.47 Å². The van der Waals surface area contributed by atoms with Gasteiger partial charge in [0.05, 0.1) is 20.6 Å². The largest absolute Gasteiger partial charge is 0.454 e. The quantitative estimate of drug-likeness (QED) is 0.600. The van der Waals surface area contributed by atoms with Gasteiger partial charge in [0.25, 0.3) is 0 Å². The number of likely N-dealkylation sites (N-methyl/N-ethyl adjacent to an activating group) is 1. The zero-order valence-corrected chi connectivity index (χ0v) is 9.25. The van der Waals surface area contributed by atoms with Crippen LogP contribution in [-0.2, 0) is 13.0 Å². The van der Waals surface area contributed by atoms with Crippen LogP contribution >= 0.6 is 0 Å². The molecule has 0 radical (unpaired) electrons. The maximum absolute atomic E-state index is 5.40. The molecule has 0 saturated heterocycles. The first kappa shape index (κ1) is 9.04. The molecule has 0 amide bonds. The standard InChI is InChI=1S/C12H16NO2/c1-13(2)4-3-9-5-11-12(15-8-14-11)6-10(9)7-13/h5-6H,3-4,7-8H2,1-2H3/q+1. The summed E-state index contributed by atoms with van der Waals surface area (Å²) in [5.41, 5.74) is 2.84. The lowest BCUT2D eigenvalue weighted by molar-refractivity contribution is -0.905. The average Bonchev–Trinajstić information content (AvgIpc) is 2.60. The zero-order valence-electron chi connectivity index (χ0n) is 9.25. The molecule has 0 unspecified atom stereocenters. The third-order valence-corrected chi connectivity index (χ3v) is 3.28. The molecule has 2 heterocycles. The van der Waals surface area contributed by atoms with E-state index in [0.29, 0.717) is 6.79 Å². The molecular weight excluding hydrogens is 190 g/mol. The Labute approximate surface area is 89.8 Å². The minimum atomic E-state index is 0.372. The summed E-state index contributed by atoms with van der Waals surface area (Å²) >= 11 is 0. The predicted octanol–water partition coefficient (Wildman–Crippen LogP) is 1.55. The van der Waals surface area contributed by atoms with Gasteiger partial charge in [-0.25, -0.2) is 0 Å². The van der Waals surface area contributed by atoms with Crippen LogP contribution in [0.5, 0.6) is 11.5 Å². The Kier molecular flexibility index (Phi) is 1.74. The van der Waals surface area contributed by atoms with Crippen molar-refractivity contribution in [2.24, 2.45) is 0 Å². The Morgan fingerprint density at radius 1 is 1.07 bits per heavy atom. The van der Waals surface area contributed by atoms with E-state index < -0.39 is 0 Å². The second-order valence-electron chi connectivity index (χ2n) is 5.04. The van der Waals surface area contributed by atoms with Crippen molar-refractivity contribution in [2.45, 2.75) is 13.0 Å². The fourth-order valence-electron chi connectivity index (χ4n) is 2.37. The van der Waals surface area contributed by atoms with Gasteiger partial charge in [-0.15, -0.1) is 0 Å². The minimum absolute atomic E-state index is 0.372. The number of benzene rings is 1. The van der Waals surface area contributed by atoms with Gasteiger partial charge in [0, 0.05) is 12.0 Å². The summed E-state index contributed by atoms with van der Waals surface area (Å²) in [5, 5.41) is 0. The average molecular weight is 206 g/mol. The highest BCUT2D eigenvalue weighted by Crippen LogP contribution is 2.37. The summed E-state index contributed by atoms with van der Waals surface area (Å²) in [7, 11) is 4.54. The zero-order chi connectivity index (χ0) is 10.5. The van der Waals surface area contributed by atoms with Gasteiger partial charge in [0.1, 0.15) is 6.54 Å². The van der Waals surface area contributed by atoms with Gasteiger partial charge in [0.15, 0.2) is 11.5 Å². The summed E-state index contributed by atoms with van der Waals surface area (Å²) < 4.78 is 11.9. The van der Waals surface area contributed by atoms with Crippen LogP contribution in [0.2, 0.25) is 0 Å². The van der Waals surface area contributed by atoms with Crippen molar-refractivity contribution in [1.29, 1.82) is 0 Å². The first-order valence-corrected chi connectivity index (χ1v) is 5.37. The minimum Gasteiger partial charge on any atom is -0.454 e. The van der Waals surface area contributed by atoms with Crippen molar-refractivity contribution in [3.63, 3.8) is 0 Å². The van der Waals surface area contributed by atoms with E-state index >= 15 is 0 Å². The van der Waals surface area contributed by atoms with Crippen LogP contribution in [0.3, 0.4) is 0 Å². The molecule has 3 rings (SSSR count). The number of hydrogen-bond acceptors (Lipinski definition) is 2. The van der Waals surface area contributed by atoms with Crippen molar-refractivity contribution in [3.05, 3.63) is 23.3 Å². The fraction of sp³-hybridized carbons (Fsp3) is 0.500. The first-order valence-electron chi connectivity index (χ1n) is 5.37. The SMILES string of the molecule is C[N+]1(C)CCc2cc3c(cc2C1)OCO3. The van der Waals surface area contributed by atoms with E-state index in [-0.39, 0.29) is 0 Å². The van der Waals surface area contributed by atoms with Crippen molar-refractivity contribution in [1.82, 2.24) is 0 Å². The van der Waals surface area contributed by atoms with Crippen LogP contribution in [0.4, 0.5) is 0 Å². The van der Waals surface area contributed by atoms with Gasteiger partial charge in [-0.2, -0.15) is 0 Å². The van der Waals surface area contributed by atoms with Gasteiger partial charge >= 0.3 is 0 Å². The molecule has 3 heteroatoms. The van der Waals surface area contributed by atoms with Crippen LogP contribution in [0.1, 0.15) is 11.1 Å². The summed E-state index contributed by atoms with van der Waals surface area (Å²) in [4.78, 5) is 0. The Morgan fingerprint density at radius 3 is 2.47 bits per heavy atom. The van der Waals surface area contributed by atoms with E-state index in [1.807, 2.05) is 0 Å². The van der Waals surface area contributed by atoms with Crippen LogP contribution in [0.15, 0.2) is 12.1 Å². The molecule has 0 aliphatic carbocycles. The van der Waals surface area contributed by atoms with Gasteiger partial charge in [-0.3, -0.25) is 0 Å². The Bertz CT molecular complexity index is 412. The number of quaternary nitrogens is 1. The van der Waals surface area contributed by atoms with E-state index in [1.165, 1.54) is 17.7 Å². The van der Waals surface area contributed by atoms with E-state index in [0.717, 1.165) is 28.9 Å². The number of nitrogens with zero attached hydrogens (tertiary/aromatic N) is 1. The molecular formula is C12H16NO2+.